The molecule has 0 saturated carbocycles. The smallest absolute Gasteiger partial charge is 0.218 e. The van der Waals surface area contributed by atoms with Gasteiger partial charge in [0, 0.05) is 11.8 Å². The number of nitrogens with zero attached hydrogens (tertiary/aromatic N) is 3. The lowest BCUT2D eigenvalue weighted by Crippen LogP contribution is -1.88. The second-order valence-corrected chi connectivity index (χ2v) is 4.18. The summed E-state index contributed by atoms with van der Waals surface area (Å²) >= 11 is 3.26. The van der Waals surface area contributed by atoms with Gasteiger partial charge < -0.3 is 0 Å². The Balaban J connectivity index is 2.18. The Bertz CT molecular complexity index is 631. The maximum Gasteiger partial charge on any atom is 0.218 e. The van der Waals surface area contributed by atoms with E-state index in [1.54, 1.807) is 4.52 Å². The number of fused-ring (bicyclic) bond motifs is 1. The first-order chi connectivity index (χ1) is 7.83. The summed E-state index contributed by atoms with van der Waals surface area (Å²) in [5.41, 5.74) is 3.15. The molecule has 3 aromatic rings. The third-order valence-electron chi connectivity index (χ3n) is 2.41. The zero-order valence-electron chi connectivity index (χ0n) is 8.34. The highest BCUT2D eigenvalue weighted by molar-refractivity contribution is 9.10. The van der Waals surface area contributed by atoms with Crippen LogP contribution in [0.15, 0.2) is 53.4 Å². The topological polar surface area (TPSA) is 30.2 Å². The van der Waals surface area contributed by atoms with E-state index < -0.39 is 0 Å². The number of pyridine rings is 1. The maximum atomic E-state index is 4.22. The predicted octanol–water partition coefficient (Wildman–Crippen LogP) is 3.16. The first-order valence-electron chi connectivity index (χ1n) is 4.90. The molecule has 0 amide bonds. The monoisotopic (exact) mass is 273 g/mol. The molecule has 2 aromatic heterocycles. The number of aromatic nitrogens is 3. The fourth-order valence-corrected chi connectivity index (χ4v) is 2.01. The van der Waals surface area contributed by atoms with Crippen molar-refractivity contribution >= 4 is 21.6 Å². The molecule has 1 aromatic carbocycles. The van der Waals surface area contributed by atoms with E-state index in [0.717, 1.165) is 11.2 Å². The molecule has 0 saturated heterocycles. The summed E-state index contributed by atoms with van der Waals surface area (Å²) in [5.74, 6) is 0. The van der Waals surface area contributed by atoms with Crippen LogP contribution >= 0.6 is 15.9 Å². The van der Waals surface area contributed by atoms with Crippen molar-refractivity contribution in [1.82, 2.24) is 14.6 Å². The molecule has 4 heteroatoms. The molecule has 0 bridgehead atoms. The van der Waals surface area contributed by atoms with E-state index >= 15 is 0 Å². The highest BCUT2D eigenvalue weighted by atomic mass is 79.9. The van der Waals surface area contributed by atoms with Crippen molar-refractivity contribution in [3.05, 3.63) is 53.4 Å². The molecule has 0 N–H and O–H groups in total. The molecule has 2 heterocycles. The molecule has 0 unspecified atom stereocenters. The Morgan fingerprint density at radius 1 is 0.938 bits per heavy atom. The van der Waals surface area contributed by atoms with Crippen molar-refractivity contribution in [2.45, 2.75) is 0 Å². The quantitative estimate of drug-likeness (QED) is 0.682. The lowest BCUT2D eigenvalue weighted by atomic mass is 10.1. The molecule has 0 atom stereocenters. The number of rotatable bonds is 1. The van der Waals surface area contributed by atoms with Gasteiger partial charge in [0.2, 0.25) is 4.73 Å². The van der Waals surface area contributed by atoms with Gasteiger partial charge in [-0.3, -0.25) is 0 Å². The van der Waals surface area contributed by atoms with E-state index in [1.807, 2.05) is 36.5 Å². The van der Waals surface area contributed by atoms with E-state index in [1.165, 1.54) is 5.56 Å². The molecule has 78 valence electrons. The van der Waals surface area contributed by atoms with Gasteiger partial charge in [-0.1, -0.05) is 30.3 Å². The third-order valence-corrected chi connectivity index (χ3v) is 2.75. The highest BCUT2D eigenvalue weighted by Crippen LogP contribution is 2.19. The van der Waals surface area contributed by atoms with Gasteiger partial charge in [-0.15, -0.1) is 5.10 Å². The van der Waals surface area contributed by atoms with Gasteiger partial charge in [-0.2, -0.15) is 0 Å². The van der Waals surface area contributed by atoms with Crippen LogP contribution in [0.4, 0.5) is 0 Å². The molecule has 0 aliphatic heterocycles. The van der Waals surface area contributed by atoms with Gasteiger partial charge in [0.15, 0.2) is 5.65 Å². The third kappa shape index (κ3) is 1.61. The second kappa shape index (κ2) is 3.72. The lowest BCUT2D eigenvalue weighted by molar-refractivity contribution is 0.947. The van der Waals surface area contributed by atoms with Gasteiger partial charge in [0.25, 0.3) is 0 Å². The molecule has 16 heavy (non-hydrogen) atoms. The van der Waals surface area contributed by atoms with Crippen LogP contribution in [0, 0.1) is 0 Å². The van der Waals surface area contributed by atoms with Crippen LogP contribution in [0.2, 0.25) is 0 Å². The minimum atomic E-state index is 0.609. The van der Waals surface area contributed by atoms with Crippen LogP contribution < -0.4 is 0 Å². The molecule has 0 aliphatic carbocycles. The Labute approximate surface area is 101 Å². The van der Waals surface area contributed by atoms with Crippen LogP contribution in [0.25, 0.3) is 16.8 Å². The van der Waals surface area contributed by atoms with Gasteiger partial charge in [-0.25, -0.2) is 9.50 Å². The first-order valence-corrected chi connectivity index (χ1v) is 5.69. The molecule has 3 nitrogen and oxygen atoms in total. The van der Waals surface area contributed by atoms with Crippen LogP contribution in [-0.4, -0.2) is 14.6 Å². The summed E-state index contributed by atoms with van der Waals surface area (Å²) in [4.78, 5) is 4.22. The van der Waals surface area contributed by atoms with Crippen LogP contribution in [0.1, 0.15) is 0 Å². The average Bonchev–Trinajstić information content (AvgIpc) is 2.69. The van der Waals surface area contributed by atoms with Crippen molar-refractivity contribution in [3.8, 4) is 11.1 Å². The summed E-state index contributed by atoms with van der Waals surface area (Å²) in [7, 11) is 0. The minimum absolute atomic E-state index is 0.609. The zero-order chi connectivity index (χ0) is 11.0. The predicted molar refractivity (Wildman–Crippen MR) is 66.1 cm³/mol. The number of hydrogen-bond donors (Lipinski definition) is 0. The molecule has 0 spiro atoms. The maximum absolute atomic E-state index is 4.22. The largest absolute Gasteiger partial charge is 0.219 e. The number of hydrogen-bond acceptors (Lipinski definition) is 2. The second-order valence-electron chi connectivity index (χ2n) is 3.47. The van der Waals surface area contributed by atoms with E-state index in [9.17, 15) is 0 Å². The number of benzene rings is 1. The van der Waals surface area contributed by atoms with Crippen molar-refractivity contribution < 1.29 is 0 Å². The molecule has 0 radical (unpaired) electrons. The van der Waals surface area contributed by atoms with Gasteiger partial charge in [-0.05, 0) is 33.6 Å². The van der Waals surface area contributed by atoms with Gasteiger partial charge >= 0.3 is 0 Å². The molecule has 0 fully saturated rings. The Morgan fingerprint density at radius 3 is 2.56 bits per heavy atom. The molecular weight excluding hydrogens is 266 g/mol. The first kappa shape index (κ1) is 9.54. The summed E-state index contributed by atoms with van der Waals surface area (Å²) in [6, 6.07) is 14.2. The van der Waals surface area contributed by atoms with Gasteiger partial charge in [0.05, 0.1) is 0 Å². The molecule has 3 rings (SSSR count). The average molecular weight is 274 g/mol. The van der Waals surface area contributed by atoms with Crippen molar-refractivity contribution in [2.24, 2.45) is 0 Å². The highest BCUT2D eigenvalue weighted by Gasteiger charge is 2.02. The SMILES string of the molecule is Brc1nc2ccc(-c3ccccc3)cn2n1. The lowest BCUT2D eigenvalue weighted by Gasteiger charge is -2.00. The Hall–Kier alpha value is -1.68. The summed E-state index contributed by atoms with van der Waals surface area (Å²) in [5, 5.41) is 4.22. The van der Waals surface area contributed by atoms with Gasteiger partial charge in [0.1, 0.15) is 0 Å². The fourth-order valence-electron chi connectivity index (χ4n) is 1.66. The van der Waals surface area contributed by atoms with Crippen LogP contribution in [-0.2, 0) is 0 Å². The van der Waals surface area contributed by atoms with Crippen molar-refractivity contribution in [2.75, 3.05) is 0 Å². The molecular formula is C12H8BrN3. The van der Waals surface area contributed by atoms with E-state index in [-0.39, 0.29) is 0 Å². The summed E-state index contributed by atoms with van der Waals surface area (Å²) < 4.78 is 2.38. The van der Waals surface area contributed by atoms with E-state index in [4.69, 9.17) is 0 Å². The fraction of sp³-hybridized carbons (Fsp3) is 0. The van der Waals surface area contributed by atoms with E-state index in [0.29, 0.717) is 4.73 Å². The zero-order valence-corrected chi connectivity index (χ0v) is 9.92. The normalized spacial score (nSPS) is 10.8. The number of halogens is 1. The summed E-state index contributed by atoms with van der Waals surface area (Å²) in [6.07, 6.45) is 1.97. The van der Waals surface area contributed by atoms with Crippen molar-refractivity contribution in [3.63, 3.8) is 0 Å². The van der Waals surface area contributed by atoms with Crippen LogP contribution in [0.3, 0.4) is 0 Å². The summed E-state index contributed by atoms with van der Waals surface area (Å²) in [6.45, 7) is 0. The van der Waals surface area contributed by atoms with E-state index in [2.05, 4.69) is 38.1 Å². The van der Waals surface area contributed by atoms with Crippen LogP contribution in [0.5, 0.6) is 0 Å². The minimum Gasteiger partial charge on any atom is -0.219 e. The van der Waals surface area contributed by atoms with Crippen molar-refractivity contribution in [1.29, 1.82) is 0 Å². The standard InChI is InChI=1S/C12H8BrN3/c13-12-14-11-7-6-10(8-16(11)15-12)9-4-2-1-3-5-9/h1-8H. The Kier molecular flexibility index (Phi) is 2.22. The Morgan fingerprint density at radius 2 is 1.75 bits per heavy atom. The molecule has 0 aliphatic rings.